The summed E-state index contributed by atoms with van der Waals surface area (Å²) in [7, 11) is 2.39. The molecular formula is C28H26ClNO6. The van der Waals surface area contributed by atoms with Crippen molar-refractivity contribution in [3.05, 3.63) is 81.7 Å². The van der Waals surface area contributed by atoms with Crippen LogP contribution in [-0.2, 0) is 14.3 Å². The number of methoxy groups -OCH3 is 2. The third-order valence-electron chi connectivity index (χ3n) is 6.29. The SMILES string of the molecule is COC(=O)c1c(C2=C(O)CC(C)CC2=O)c(-c2ccccc2)n(-c2ccc(C)c(Cl)c2)c1C(=O)OC. The lowest BCUT2D eigenvalue weighted by molar-refractivity contribution is -0.115. The summed E-state index contributed by atoms with van der Waals surface area (Å²) in [5.74, 6) is -2.19. The quantitative estimate of drug-likeness (QED) is 0.429. The van der Waals surface area contributed by atoms with Gasteiger partial charge < -0.3 is 19.1 Å². The predicted octanol–water partition coefficient (Wildman–Crippen LogP) is 5.95. The number of allylic oxidation sites excluding steroid dienone is 2. The summed E-state index contributed by atoms with van der Waals surface area (Å²) in [4.78, 5) is 39.8. The Kier molecular flexibility index (Phi) is 7.04. The van der Waals surface area contributed by atoms with Crippen LogP contribution in [0.25, 0.3) is 22.5 Å². The highest BCUT2D eigenvalue weighted by Gasteiger charge is 2.39. The van der Waals surface area contributed by atoms with Crippen LogP contribution in [0.5, 0.6) is 0 Å². The average molecular weight is 508 g/mol. The molecule has 7 nitrogen and oxygen atoms in total. The largest absolute Gasteiger partial charge is 0.512 e. The fraction of sp³-hybridized carbons (Fsp3) is 0.250. The van der Waals surface area contributed by atoms with Crippen molar-refractivity contribution >= 4 is 34.9 Å². The first-order valence-corrected chi connectivity index (χ1v) is 11.8. The molecular weight excluding hydrogens is 482 g/mol. The van der Waals surface area contributed by atoms with Crippen LogP contribution in [0.3, 0.4) is 0 Å². The van der Waals surface area contributed by atoms with Gasteiger partial charge in [-0.3, -0.25) is 4.79 Å². The van der Waals surface area contributed by atoms with Crippen molar-refractivity contribution in [3.8, 4) is 16.9 Å². The van der Waals surface area contributed by atoms with Gasteiger partial charge in [-0.05, 0) is 36.1 Å². The Morgan fingerprint density at radius 2 is 1.69 bits per heavy atom. The zero-order valence-corrected chi connectivity index (χ0v) is 21.2. The minimum absolute atomic E-state index is 0.00513. The van der Waals surface area contributed by atoms with Gasteiger partial charge in [-0.15, -0.1) is 0 Å². The summed E-state index contributed by atoms with van der Waals surface area (Å²) in [6.07, 6.45) is 0.439. The van der Waals surface area contributed by atoms with E-state index in [-0.39, 0.29) is 52.7 Å². The third-order valence-corrected chi connectivity index (χ3v) is 6.70. The van der Waals surface area contributed by atoms with Crippen LogP contribution in [0.2, 0.25) is 5.02 Å². The lowest BCUT2D eigenvalue weighted by atomic mass is 9.83. The summed E-state index contributed by atoms with van der Waals surface area (Å²) in [6, 6.07) is 14.2. The van der Waals surface area contributed by atoms with Crippen molar-refractivity contribution in [1.82, 2.24) is 4.57 Å². The number of benzene rings is 2. The summed E-state index contributed by atoms with van der Waals surface area (Å²) < 4.78 is 11.7. The molecule has 3 aromatic rings. The predicted molar refractivity (Wildman–Crippen MR) is 137 cm³/mol. The van der Waals surface area contributed by atoms with Crippen molar-refractivity contribution < 1.29 is 29.0 Å². The second-order valence-electron chi connectivity index (χ2n) is 8.82. The van der Waals surface area contributed by atoms with Gasteiger partial charge in [0.1, 0.15) is 17.0 Å². The second kappa shape index (κ2) is 10.0. The molecule has 4 rings (SSSR count). The minimum Gasteiger partial charge on any atom is -0.512 e. The van der Waals surface area contributed by atoms with Gasteiger partial charge in [-0.25, -0.2) is 9.59 Å². The number of aliphatic hydroxyl groups excluding tert-OH is 1. The highest BCUT2D eigenvalue weighted by atomic mass is 35.5. The van der Waals surface area contributed by atoms with E-state index >= 15 is 0 Å². The topological polar surface area (TPSA) is 94.8 Å². The number of ether oxygens (including phenoxy) is 2. The molecule has 1 unspecified atom stereocenters. The van der Waals surface area contributed by atoms with E-state index in [9.17, 15) is 19.5 Å². The molecule has 0 amide bonds. The van der Waals surface area contributed by atoms with Crippen molar-refractivity contribution in [2.45, 2.75) is 26.7 Å². The van der Waals surface area contributed by atoms with Crippen LogP contribution in [-0.4, -0.2) is 41.6 Å². The number of aromatic nitrogens is 1. The number of rotatable bonds is 5. The Labute approximate surface area is 213 Å². The maximum atomic E-state index is 13.3. The summed E-state index contributed by atoms with van der Waals surface area (Å²) in [6.45, 7) is 3.71. The number of nitrogens with zero attached hydrogens (tertiary/aromatic N) is 1. The van der Waals surface area contributed by atoms with Crippen LogP contribution >= 0.6 is 11.6 Å². The molecule has 186 valence electrons. The van der Waals surface area contributed by atoms with Gasteiger partial charge in [0.25, 0.3) is 0 Å². The van der Waals surface area contributed by atoms with E-state index in [1.807, 2.05) is 19.9 Å². The first kappa shape index (κ1) is 25.3. The molecule has 1 atom stereocenters. The van der Waals surface area contributed by atoms with Gasteiger partial charge in [0.15, 0.2) is 5.78 Å². The Morgan fingerprint density at radius 1 is 1.03 bits per heavy atom. The molecule has 1 aliphatic carbocycles. The number of hydrogen-bond acceptors (Lipinski definition) is 6. The summed E-state index contributed by atoms with van der Waals surface area (Å²) in [5.41, 5.74) is 2.08. The fourth-order valence-electron chi connectivity index (χ4n) is 4.62. The van der Waals surface area contributed by atoms with E-state index in [4.69, 9.17) is 21.1 Å². The van der Waals surface area contributed by atoms with Crippen LogP contribution in [0, 0.1) is 12.8 Å². The molecule has 0 radical (unpaired) electrons. The molecule has 0 fully saturated rings. The van der Waals surface area contributed by atoms with E-state index in [0.717, 1.165) is 5.56 Å². The number of ketones is 1. The summed E-state index contributed by atoms with van der Waals surface area (Å²) >= 11 is 6.45. The molecule has 0 aliphatic heterocycles. The Morgan fingerprint density at radius 3 is 2.28 bits per heavy atom. The second-order valence-corrected chi connectivity index (χ2v) is 9.23. The molecule has 2 aromatic carbocycles. The van der Waals surface area contributed by atoms with Crippen LogP contribution in [0.15, 0.2) is 54.3 Å². The van der Waals surface area contributed by atoms with Crippen molar-refractivity contribution in [2.75, 3.05) is 14.2 Å². The smallest absolute Gasteiger partial charge is 0.355 e. The molecule has 1 heterocycles. The van der Waals surface area contributed by atoms with Crippen molar-refractivity contribution in [1.29, 1.82) is 0 Å². The van der Waals surface area contributed by atoms with E-state index in [1.54, 1.807) is 47.0 Å². The standard InChI is InChI=1S/C28H26ClNO6/c1-15-12-20(31)22(21(32)13-15)23-24(27(33)35-3)26(28(34)36-4)30(18-11-10-16(2)19(29)14-18)25(23)17-8-6-5-7-9-17/h5-11,14-15,31H,12-13H2,1-4H3. The Bertz CT molecular complexity index is 1400. The van der Waals surface area contributed by atoms with Crippen molar-refractivity contribution in [3.63, 3.8) is 0 Å². The molecule has 0 spiro atoms. The number of Topliss-reactive ketones (excluding diaryl/α,β-unsaturated/α-hetero) is 1. The normalized spacial score (nSPS) is 15.7. The first-order valence-electron chi connectivity index (χ1n) is 11.4. The Balaban J connectivity index is 2.27. The number of carbonyl (C=O) groups is 3. The molecule has 36 heavy (non-hydrogen) atoms. The van der Waals surface area contributed by atoms with E-state index in [0.29, 0.717) is 22.0 Å². The minimum atomic E-state index is -0.841. The molecule has 1 aliphatic rings. The fourth-order valence-corrected chi connectivity index (χ4v) is 4.80. The molecule has 8 heteroatoms. The molecule has 0 bridgehead atoms. The maximum Gasteiger partial charge on any atom is 0.355 e. The number of hydrogen-bond donors (Lipinski definition) is 1. The molecule has 1 aromatic heterocycles. The van der Waals surface area contributed by atoms with Gasteiger partial charge in [-0.1, -0.05) is 54.9 Å². The van der Waals surface area contributed by atoms with Gasteiger partial charge in [-0.2, -0.15) is 0 Å². The highest BCUT2D eigenvalue weighted by molar-refractivity contribution is 6.31. The molecule has 0 saturated carbocycles. The first-order chi connectivity index (χ1) is 17.2. The van der Waals surface area contributed by atoms with Gasteiger partial charge in [0.2, 0.25) is 0 Å². The van der Waals surface area contributed by atoms with Crippen LogP contribution in [0.4, 0.5) is 0 Å². The number of aliphatic hydroxyl groups is 1. The number of aryl methyl sites for hydroxylation is 1. The zero-order chi connectivity index (χ0) is 26.1. The number of esters is 2. The van der Waals surface area contributed by atoms with Crippen LogP contribution in [0.1, 0.15) is 51.7 Å². The van der Waals surface area contributed by atoms with E-state index < -0.39 is 11.9 Å². The Hall–Kier alpha value is -3.84. The van der Waals surface area contributed by atoms with E-state index in [1.165, 1.54) is 14.2 Å². The maximum absolute atomic E-state index is 13.3. The van der Waals surface area contributed by atoms with Crippen LogP contribution < -0.4 is 0 Å². The van der Waals surface area contributed by atoms with E-state index in [2.05, 4.69) is 0 Å². The van der Waals surface area contributed by atoms with Crippen molar-refractivity contribution in [2.24, 2.45) is 5.92 Å². The van der Waals surface area contributed by atoms with Gasteiger partial charge in [0.05, 0.1) is 25.5 Å². The third kappa shape index (κ3) is 4.31. The average Bonchev–Trinajstić information content (AvgIpc) is 3.20. The lowest BCUT2D eigenvalue weighted by Crippen LogP contribution is -2.19. The zero-order valence-electron chi connectivity index (χ0n) is 20.4. The number of halogens is 1. The van der Waals surface area contributed by atoms with Gasteiger partial charge in [0, 0.05) is 29.1 Å². The van der Waals surface area contributed by atoms with Gasteiger partial charge >= 0.3 is 11.9 Å². The number of carbonyl (C=O) groups excluding carboxylic acids is 3. The lowest BCUT2D eigenvalue weighted by Gasteiger charge is -2.22. The monoisotopic (exact) mass is 507 g/mol. The summed E-state index contributed by atoms with van der Waals surface area (Å²) in [5, 5.41) is 11.5. The molecule has 1 N–H and O–H groups in total. The molecule has 0 saturated heterocycles. The highest BCUT2D eigenvalue weighted by Crippen LogP contribution is 2.43.